The lowest BCUT2D eigenvalue weighted by molar-refractivity contribution is -0.389. The SMILES string of the molecule is CCn1cc(Br)c(CN(C)C(=O)Cn2nc([N+](=O)[O-])cc2C)n1. The molecule has 0 atom stereocenters. The second-order valence-electron chi connectivity index (χ2n) is 5.09. The molecule has 0 aromatic carbocycles. The first-order chi connectivity index (χ1) is 10.8. The topological polar surface area (TPSA) is 99.1 Å². The lowest BCUT2D eigenvalue weighted by atomic mass is 10.4. The van der Waals surface area contributed by atoms with Gasteiger partial charge in [0.2, 0.25) is 5.91 Å². The number of carbonyl (C=O) groups excluding carboxylic acids is 1. The molecule has 10 heteroatoms. The maximum absolute atomic E-state index is 12.3. The van der Waals surface area contributed by atoms with E-state index in [1.54, 1.807) is 18.7 Å². The Hall–Kier alpha value is -2.23. The van der Waals surface area contributed by atoms with Crippen LogP contribution in [0.5, 0.6) is 0 Å². The summed E-state index contributed by atoms with van der Waals surface area (Å²) in [6.45, 7) is 4.68. The predicted molar refractivity (Wildman–Crippen MR) is 85.7 cm³/mol. The lowest BCUT2D eigenvalue weighted by Crippen LogP contribution is -2.30. The van der Waals surface area contributed by atoms with Crippen LogP contribution in [-0.2, 0) is 24.4 Å². The third-order valence-corrected chi connectivity index (χ3v) is 4.03. The number of hydrogen-bond donors (Lipinski definition) is 0. The number of nitro groups is 1. The van der Waals surface area contributed by atoms with Gasteiger partial charge in [-0.3, -0.25) is 9.48 Å². The summed E-state index contributed by atoms with van der Waals surface area (Å²) in [6, 6.07) is 1.34. The van der Waals surface area contributed by atoms with Crippen molar-refractivity contribution >= 4 is 27.7 Å². The number of amides is 1. The van der Waals surface area contributed by atoms with Crippen LogP contribution in [0.4, 0.5) is 5.82 Å². The van der Waals surface area contributed by atoms with Gasteiger partial charge in [-0.15, -0.1) is 0 Å². The minimum atomic E-state index is -0.577. The van der Waals surface area contributed by atoms with Crippen LogP contribution in [0.15, 0.2) is 16.7 Å². The Morgan fingerprint density at radius 2 is 2.17 bits per heavy atom. The minimum Gasteiger partial charge on any atom is -0.358 e. The Labute approximate surface area is 141 Å². The maximum Gasteiger partial charge on any atom is 0.390 e. The number of nitrogens with zero attached hydrogens (tertiary/aromatic N) is 6. The summed E-state index contributed by atoms with van der Waals surface area (Å²) in [6.07, 6.45) is 1.86. The first-order valence-electron chi connectivity index (χ1n) is 6.96. The van der Waals surface area contributed by atoms with Gasteiger partial charge in [-0.1, -0.05) is 0 Å². The highest BCUT2D eigenvalue weighted by Crippen LogP contribution is 2.17. The molecular formula is C13H17BrN6O3. The van der Waals surface area contributed by atoms with E-state index >= 15 is 0 Å². The molecule has 0 aliphatic heterocycles. The highest BCUT2D eigenvalue weighted by Gasteiger charge is 2.20. The molecule has 0 fully saturated rings. The van der Waals surface area contributed by atoms with E-state index in [0.29, 0.717) is 12.2 Å². The third kappa shape index (κ3) is 3.95. The van der Waals surface area contributed by atoms with Crippen LogP contribution in [0, 0.1) is 17.0 Å². The number of hydrogen-bond acceptors (Lipinski definition) is 5. The molecule has 23 heavy (non-hydrogen) atoms. The van der Waals surface area contributed by atoms with Crippen molar-refractivity contribution in [1.29, 1.82) is 0 Å². The van der Waals surface area contributed by atoms with E-state index < -0.39 is 4.92 Å². The maximum atomic E-state index is 12.3. The fraction of sp³-hybridized carbons (Fsp3) is 0.462. The Balaban J connectivity index is 2.05. The third-order valence-electron chi connectivity index (χ3n) is 3.36. The molecule has 0 saturated heterocycles. The number of aromatic nitrogens is 4. The first kappa shape index (κ1) is 17.1. The molecule has 0 aliphatic rings. The number of carbonyl (C=O) groups is 1. The van der Waals surface area contributed by atoms with Crippen molar-refractivity contribution in [2.75, 3.05) is 7.05 Å². The van der Waals surface area contributed by atoms with Gasteiger partial charge in [0.05, 0.1) is 33.6 Å². The van der Waals surface area contributed by atoms with Crippen molar-refractivity contribution in [2.24, 2.45) is 0 Å². The summed E-state index contributed by atoms with van der Waals surface area (Å²) in [7, 11) is 1.66. The molecule has 0 unspecified atom stereocenters. The van der Waals surface area contributed by atoms with Crippen molar-refractivity contribution in [3.05, 3.63) is 38.2 Å². The molecular weight excluding hydrogens is 368 g/mol. The van der Waals surface area contributed by atoms with E-state index in [9.17, 15) is 14.9 Å². The average Bonchev–Trinajstić information content (AvgIpc) is 3.03. The van der Waals surface area contributed by atoms with Crippen LogP contribution in [0.3, 0.4) is 0 Å². The summed E-state index contributed by atoms with van der Waals surface area (Å²) < 4.78 is 3.94. The van der Waals surface area contributed by atoms with E-state index in [-0.39, 0.29) is 18.3 Å². The summed E-state index contributed by atoms with van der Waals surface area (Å²) in [4.78, 5) is 23.9. The molecule has 2 aromatic heterocycles. The van der Waals surface area contributed by atoms with Gasteiger partial charge in [-0.05, 0) is 34.7 Å². The van der Waals surface area contributed by atoms with E-state index in [4.69, 9.17) is 0 Å². The Morgan fingerprint density at radius 1 is 1.48 bits per heavy atom. The number of aryl methyl sites for hydroxylation is 2. The van der Waals surface area contributed by atoms with Crippen molar-refractivity contribution in [1.82, 2.24) is 24.5 Å². The summed E-state index contributed by atoms with van der Waals surface area (Å²) in [5.74, 6) is -0.466. The molecule has 1 amide bonds. The quantitative estimate of drug-likeness (QED) is 0.557. The van der Waals surface area contributed by atoms with Gasteiger partial charge < -0.3 is 15.0 Å². The van der Waals surface area contributed by atoms with Gasteiger partial charge in [0.1, 0.15) is 6.54 Å². The van der Waals surface area contributed by atoms with Crippen molar-refractivity contribution in [3.8, 4) is 0 Å². The normalized spacial score (nSPS) is 10.8. The van der Waals surface area contributed by atoms with Crippen LogP contribution in [0.25, 0.3) is 0 Å². The molecule has 2 aromatic rings. The van der Waals surface area contributed by atoms with Gasteiger partial charge in [-0.2, -0.15) is 9.78 Å². The largest absolute Gasteiger partial charge is 0.390 e. The molecule has 0 N–H and O–H groups in total. The molecule has 0 radical (unpaired) electrons. The minimum absolute atomic E-state index is 0.0533. The van der Waals surface area contributed by atoms with E-state index in [2.05, 4.69) is 26.1 Å². The summed E-state index contributed by atoms with van der Waals surface area (Å²) in [5.41, 5.74) is 1.32. The van der Waals surface area contributed by atoms with Crippen LogP contribution >= 0.6 is 15.9 Å². The van der Waals surface area contributed by atoms with Crippen molar-refractivity contribution in [3.63, 3.8) is 0 Å². The van der Waals surface area contributed by atoms with Gasteiger partial charge >= 0.3 is 5.82 Å². The highest BCUT2D eigenvalue weighted by molar-refractivity contribution is 9.10. The van der Waals surface area contributed by atoms with Crippen molar-refractivity contribution in [2.45, 2.75) is 33.5 Å². The van der Waals surface area contributed by atoms with Crippen LogP contribution < -0.4 is 0 Å². The smallest absolute Gasteiger partial charge is 0.358 e. The van der Waals surface area contributed by atoms with E-state index in [1.807, 2.05) is 13.1 Å². The molecule has 0 saturated carbocycles. The number of rotatable bonds is 6. The van der Waals surface area contributed by atoms with Crippen LogP contribution in [0.2, 0.25) is 0 Å². The number of halogens is 1. The van der Waals surface area contributed by atoms with Gasteiger partial charge in [0, 0.05) is 19.8 Å². The molecule has 2 rings (SSSR count). The standard InChI is InChI=1S/C13H17BrN6O3/c1-4-18-6-10(14)11(15-18)7-17(3)13(21)8-19-9(2)5-12(16-19)20(22)23/h5-6H,4,7-8H2,1-3H3. The first-order valence-corrected chi connectivity index (χ1v) is 7.75. The molecule has 9 nitrogen and oxygen atoms in total. The molecule has 0 aliphatic carbocycles. The summed E-state index contributed by atoms with van der Waals surface area (Å²) in [5, 5.41) is 18.9. The van der Waals surface area contributed by atoms with Gasteiger partial charge in [0.25, 0.3) is 0 Å². The summed E-state index contributed by atoms with van der Waals surface area (Å²) >= 11 is 3.42. The average molecular weight is 385 g/mol. The van der Waals surface area contributed by atoms with Crippen LogP contribution in [0.1, 0.15) is 18.3 Å². The Morgan fingerprint density at radius 3 is 2.70 bits per heavy atom. The zero-order valence-corrected chi connectivity index (χ0v) is 14.6. The molecule has 0 bridgehead atoms. The zero-order chi connectivity index (χ0) is 17.1. The highest BCUT2D eigenvalue weighted by atomic mass is 79.9. The predicted octanol–water partition coefficient (Wildman–Crippen LogP) is 1.74. The molecule has 0 spiro atoms. The monoisotopic (exact) mass is 384 g/mol. The molecule has 124 valence electrons. The Bertz CT molecular complexity index is 738. The lowest BCUT2D eigenvalue weighted by Gasteiger charge is -2.15. The number of likely N-dealkylation sites (N-methyl/N-ethyl adjacent to an activating group) is 1. The Kier molecular flexibility index (Phi) is 5.14. The second kappa shape index (κ2) is 6.90. The second-order valence-corrected chi connectivity index (χ2v) is 5.94. The fourth-order valence-corrected chi connectivity index (χ4v) is 2.45. The van der Waals surface area contributed by atoms with Crippen molar-refractivity contribution < 1.29 is 9.72 Å². The van der Waals surface area contributed by atoms with E-state index in [0.717, 1.165) is 16.7 Å². The molecule has 2 heterocycles. The zero-order valence-electron chi connectivity index (χ0n) is 13.1. The fourth-order valence-electron chi connectivity index (χ4n) is 2.01. The van der Waals surface area contributed by atoms with Gasteiger partial charge in [-0.25, -0.2) is 0 Å². The van der Waals surface area contributed by atoms with Crippen LogP contribution in [-0.4, -0.2) is 42.3 Å². The van der Waals surface area contributed by atoms with Gasteiger partial charge in [0.15, 0.2) is 0 Å². The van der Waals surface area contributed by atoms with E-state index in [1.165, 1.54) is 15.6 Å².